The van der Waals surface area contributed by atoms with E-state index in [-0.39, 0.29) is 20.1 Å². The smallest absolute Gasteiger partial charge is 0 e. The Labute approximate surface area is 312 Å². The van der Waals surface area contributed by atoms with E-state index in [9.17, 15) is 0 Å². The molecule has 251 valence electrons. The summed E-state index contributed by atoms with van der Waals surface area (Å²) in [5.41, 5.74) is 8.02. The number of pyridine rings is 2. The molecule has 0 unspecified atom stereocenters. The number of benzene rings is 5. The fraction of sp³-hybridized carbons (Fsp3) is 0.136. The van der Waals surface area contributed by atoms with Crippen LogP contribution in [0.5, 0.6) is 0 Å². The van der Waals surface area contributed by atoms with Crippen molar-refractivity contribution in [3.63, 3.8) is 0 Å². The van der Waals surface area contributed by atoms with Gasteiger partial charge in [0.2, 0.25) is 0 Å². The van der Waals surface area contributed by atoms with Crippen molar-refractivity contribution in [2.24, 2.45) is 0 Å². The number of fused-ring (bicyclic) bond motifs is 4. The van der Waals surface area contributed by atoms with E-state index in [1.54, 1.807) is 0 Å². The van der Waals surface area contributed by atoms with E-state index in [1.165, 1.54) is 26.1 Å². The van der Waals surface area contributed by atoms with Gasteiger partial charge < -0.3 is 9.40 Å². The summed E-state index contributed by atoms with van der Waals surface area (Å²) in [6.07, 6.45) is 3.78. The summed E-state index contributed by atoms with van der Waals surface area (Å²) in [4.78, 5) is 9.17. The molecule has 0 N–H and O–H groups in total. The van der Waals surface area contributed by atoms with Crippen LogP contribution in [-0.4, -0.2) is 31.3 Å². The molecule has 0 fully saturated rings. The normalized spacial score (nSPS) is 11.6. The topological polar surface area (TPSA) is 38.9 Å². The molecule has 0 saturated carbocycles. The van der Waals surface area contributed by atoms with Gasteiger partial charge >= 0.3 is 99.8 Å². The number of para-hydroxylation sites is 1. The van der Waals surface area contributed by atoms with Crippen molar-refractivity contribution in [2.75, 3.05) is 0 Å². The second-order valence-corrected chi connectivity index (χ2v) is 30.3. The summed E-state index contributed by atoms with van der Waals surface area (Å²) in [6, 6.07) is 49.1. The van der Waals surface area contributed by atoms with Gasteiger partial charge in [-0.3, -0.25) is 0 Å². The van der Waals surface area contributed by atoms with Crippen molar-refractivity contribution in [3.8, 4) is 33.6 Å². The Morgan fingerprint density at radius 3 is 2.04 bits per heavy atom. The second kappa shape index (κ2) is 14.6. The molecule has 3 heterocycles. The van der Waals surface area contributed by atoms with Crippen molar-refractivity contribution in [3.05, 3.63) is 146 Å². The summed E-state index contributed by atoms with van der Waals surface area (Å²) < 4.78 is 7.76. The monoisotopic (exact) mass is 907 g/mol. The number of furan rings is 1. The summed E-state index contributed by atoms with van der Waals surface area (Å²) >= 11 is -1.75. The number of rotatable bonds is 5. The van der Waals surface area contributed by atoms with Crippen molar-refractivity contribution in [1.29, 1.82) is 0 Å². The van der Waals surface area contributed by atoms with E-state index in [2.05, 4.69) is 133 Å². The maximum absolute atomic E-state index is 6.27. The van der Waals surface area contributed by atoms with Crippen molar-refractivity contribution < 1.29 is 24.5 Å². The first-order valence-corrected chi connectivity index (χ1v) is 27.7. The zero-order chi connectivity index (χ0) is 34.2. The van der Waals surface area contributed by atoms with Gasteiger partial charge in [0.1, 0.15) is 11.2 Å². The van der Waals surface area contributed by atoms with E-state index >= 15 is 0 Å². The fourth-order valence-electron chi connectivity index (χ4n) is 6.25. The van der Waals surface area contributed by atoms with Crippen LogP contribution in [-0.2, 0) is 20.1 Å². The third-order valence-corrected chi connectivity index (χ3v) is 15.4. The van der Waals surface area contributed by atoms with Gasteiger partial charge in [-0.2, -0.15) is 0 Å². The molecule has 3 aromatic heterocycles. The van der Waals surface area contributed by atoms with Crippen LogP contribution in [0.15, 0.2) is 138 Å². The van der Waals surface area contributed by atoms with E-state index in [1.807, 2.05) is 54.9 Å². The third kappa shape index (κ3) is 7.33. The van der Waals surface area contributed by atoms with E-state index in [4.69, 9.17) is 9.40 Å². The molecule has 0 bridgehead atoms. The Bertz CT molecular complexity index is 2410. The van der Waals surface area contributed by atoms with Gasteiger partial charge in [0.05, 0.1) is 8.07 Å². The average Bonchev–Trinajstić information content (AvgIpc) is 3.50. The molecule has 3 nitrogen and oxygen atoms in total. The summed E-state index contributed by atoms with van der Waals surface area (Å²) in [5, 5.41) is 5.99. The zero-order valence-electron chi connectivity index (χ0n) is 29.3. The van der Waals surface area contributed by atoms with Crippen molar-refractivity contribution in [2.45, 2.75) is 36.9 Å². The largest absolute Gasteiger partial charge is 0 e. The minimum absolute atomic E-state index is 0. The van der Waals surface area contributed by atoms with E-state index in [0.29, 0.717) is 0 Å². The predicted molar refractivity (Wildman–Crippen MR) is 213 cm³/mol. The predicted octanol–water partition coefficient (Wildman–Crippen LogP) is 10.9. The minimum atomic E-state index is -1.75. The number of nitrogens with zero attached hydrogens (tertiary/aromatic N) is 2. The molecule has 6 heteroatoms. The Kier molecular flexibility index (Phi) is 10.4. The van der Waals surface area contributed by atoms with Crippen molar-refractivity contribution in [1.82, 2.24) is 9.97 Å². The second-order valence-electron chi connectivity index (χ2n) is 14.5. The number of aromatic nitrogens is 2. The van der Waals surface area contributed by atoms with Crippen LogP contribution < -0.4 is 9.58 Å². The molecule has 8 aromatic rings. The summed E-state index contributed by atoms with van der Waals surface area (Å²) in [6.45, 7) is 7.14. The molecular weight excluding hydrogens is 865 g/mol. The molecular formula is C44H40GeIrN2OSi-2. The van der Waals surface area contributed by atoms with Gasteiger partial charge in [0.15, 0.2) is 0 Å². The Hall–Kier alpha value is -4.13. The fourth-order valence-corrected chi connectivity index (χ4v) is 9.81. The molecule has 1 radical (unpaired) electrons. The first kappa shape index (κ1) is 35.7. The Morgan fingerprint density at radius 1 is 0.660 bits per heavy atom. The quantitative estimate of drug-likeness (QED) is 0.128. The van der Waals surface area contributed by atoms with Gasteiger partial charge in [-0.15, -0.1) is 17.7 Å². The summed E-state index contributed by atoms with van der Waals surface area (Å²) in [5.74, 6) is 7.19. The van der Waals surface area contributed by atoms with Crippen LogP contribution >= 0.6 is 0 Å². The van der Waals surface area contributed by atoms with Crippen LogP contribution in [0.3, 0.4) is 0 Å². The zero-order valence-corrected chi connectivity index (χ0v) is 34.8. The van der Waals surface area contributed by atoms with Crippen LogP contribution in [0.2, 0.25) is 36.9 Å². The Balaban J connectivity index is 0.000000215. The first-order chi connectivity index (χ1) is 23.6. The minimum Gasteiger partial charge on any atom is 0 e. The molecule has 0 atom stereocenters. The van der Waals surface area contributed by atoms with Crippen molar-refractivity contribution >= 4 is 63.6 Å². The van der Waals surface area contributed by atoms with Gasteiger partial charge in [0.25, 0.3) is 0 Å². The third-order valence-electron chi connectivity index (χ3n) is 9.05. The molecule has 0 aliphatic rings. The average molecular weight is 906 g/mol. The molecule has 5 aromatic carbocycles. The molecule has 0 aliphatic heterocycles. The number of hydrogen-bond donors (Lipinski definition) is 0. The van der Waals surface area contributed by atoms with E-state index in [0.717, 1.165) is 49.8 Å². The molecule has 0 spiro atoms. The number of hydrogen-bond acceptors (Lipinski definition) is 3. The molecule has 8 rings (SSSR count). The molecule has 0 aliphatic carbocycles. The maximum atomic E-state index is 6.27. The first-order valence-electron chi connectivity index (χ1n) is 16.8. The van der Waals surface area contributed by atoms with Gasteiger partial charge in [0, 0.05) is 42.8 Å². The molecule has 0 saturated heterocycles. The molecule has 50 heavy (non-hydrogen) atoms. The maximum Gasteiger partial charge on any atom is 0 e. The van der Waals surface area contributed by atoms with Gasteiger partial charge in [-0.25, -0.2) is 0 Å². The van der Waals surface area contributed by atoms with Crippen LogP contribution in [0.4, 0.5) is 0 Å². The van der Waals surface area contributed by atoms with Crippen LogP contribution in [0.25, 0.3) is 66.4 Å². The van der Waals surface area contributed by atoms with Gasteiger partial charge in [-0.1, -0.05) is 113 Å². The summed E-state index contributed by atoms with van der Waals surface area (Å²) in [7, 11) is -1.33. The van der Waals surface area contributed by atoms with Crippen LogP contribution in [0.1, 0.15) is 0 Å². The standard InChI is InChI=1S/C30H24NOSi.C14H16GeN.Ir/c1-33(2,3)21-14-12-20(13-15-21)22-16-17-26(24-9-5-4-8-23(22)24)29-30-27(18-19-31-29)25-10-6-7-11-28(25)32-30;1-15(2,3)13-9-10-16-14(11-13)12-7-5-4-6-8-12;/h4-16,18-19H,1-3H3;4-7,9-11H,1-3H3;/q2*-1;. The SMILES string of the molecule is C[Si](C)(C)c1ccc(-c2c[c-]c(-c3nccc4c3oc3ccccc34)c3ccccc23)cc1.[CH3][Ge]([CH3])([CH3])[c]1ccnc(-c2[c-]cccc2)c1.[Ir]. The molecule has 0 amide bonds. The van der Waals surface area contributed by atoms with Crippen LogP contribution in [0, 0.1) is 12.1 Å². The van der Waals surface area contributed by atoms with Gasteiger partial charge in [-0.05, 0) is 12.1 Å². The Morgan fingerprint density at radius 2 is 1.34 bits per heavy atom. The van der Waals surface area contributed by atoms with E-state index < -0.39 is 21.3 Å².